The van der Waals surface area contributed by atoms with E-state index in [9.17, 15) is 14.4 Å². The van der Waals surface area contributed by atoms with Crippen LogP contribution >= 0.6 is 0 Å². The minimum Gasteiger partial charge on any atom is -0.356 e. The molecule has 1 heterocycles. The van der Waals surface area contributed by atoms with Crippen molar-refractivity contribution in [1.82, 2.24) is 14.9 Å². The van der Waals surface area contributed by atoms with E-state index >= 15 is 0 Å². The van der Waals surface area contributed by atoms with Crippen molar-refractivity contribution in [3.8, 4) is 12.3 Å². The molecular weight excluding hydrogens is 490 g/mol. The van der Waals surface area contributed by atoms with Crippen molar-refractivity contribution in [1.29, 1.82) is 0 Å². The van der Waals surface area contributed by atoms with Crippen LogP contribution in [0.2, 0.25) is 0 Å². The van der Waals surface area contributed by atoms with E-state index in [0.29, 0.717) is 36.0 Å². The van der Waals surface area contributed by atoms with Crippen LogP contribution in [0.3, 0.4) is 0 Å². The molecule has 3 aromatic rings. The zero-order valence-corrected chi connectivity index (χ0v) is 23.6. The second-order valence-corrected chi connectivity index (χ2v) is 10.6. The third kappa shape index (κ3) is 8.01. The van der Waals surface area contributed by atoms with Gasteiger partial charge in [-0.05, 0) is 68.0 Å². The first-order valence-corrected chi connectivity index (χ1v) is 13.4. The van der Waals surface area contributed by atoms with Gasteiger partial charge in [-0.2, -0.15) is 0 Å². The number of anilines is 2. The first-order chi connectivity index (χ1) is 18.5. The Morgan fingerprint density at radius 2 is 1.77 bits per heavy atom. The lowest BCUT2D eigenvalue weighted by molar-refractivity contribution is -0.123. The molecule has 0 aliphatic rings. The van der Waals surface area contributed by atoms with Gasteiger partial charge in [-0.3, -0.25) is 24.7 Å². The molecule has 0 saturated heterocycles. The van der Waals surface area contributed by atoms with Crippen LogP contribution in [-0.2, 0) is 11.3 Å². The molecule has 0 unspecified atom stereocenters. The van der Waals surface area contributed by atoms with Crippen LogP contribution in [0.25, 0.3) is 10.9 Å². The Morgan fingerprint density at radius 3 is 2.38 bits per heavy atom. The van der Waals surface area contributed by atoms with Gasteiger partial charge >= 0.3 is 0 Å². The van der Waals surface area contributed by atoms with Gasteiger partial charge in [0.05, 0.1) is 17.4 Å². The van der Waals surface area contributed by atoms with Crippen molar-refractivity contribution in [2.24, 2.45) is 5.41 Å². The number of nitrogens with zero attached hydrogens (tertiary/aromatic N) is 3. The van der Waals surface area contributed by atoms with Crippen molar-refractivity contribution in [3.05, 3.63) is 63.9 Å². The van der Waals surface area contributed by atoms with E-state index in [2.05, 4.69) is 40.0 Å². The van der Waals surface area contributed by atoms with Crippen molar-refractivity contribution < 1.29 is 9.59 Å². The average molecular weight is 530 g/mol. The maximum Gasteiger partial charge on any atom is 0.260 e. The molecule has 2 N–H and O–H groups in total. The third-order valence-electron chi connectivity index (χ3n) is 6.67. The Labute approximate surface area is 230 Å². The van der Waals surface area contributed by atoms with Gasteiger partial charge in [-0.1, -0.05) is 46.6 Å². The van der Waals surface area contributed by atoms with E-state index in [1.165, 1.54) is 0 Å². The van der Waals surface area contributed by atoms with E-state index in [4.69, 9.17) is 6.42 Å². The van der Waals surface area contributed by atoms with Gasteiger partial charge < -0.3 is 9.80 Å². The maximum absolute atomic E-state index is 12.8. The summed E-state index contributed by atoms with van der Waals surface area (Å²) in [6.45, 7) is 13.4. The first-order valence-electron chi connectivity index (χ1n) is 13.4. The van der Waals surface area contributed by atoms with Crippen molar-refractivity contribution in [2.75, 3.05) is 36.4 Å². The van der Waals surface area contributed by atoms with Crippen LogP contribution < -0.4 is 15.8 Å². The quantitative estimate of drug-likeness (QED) is 0.257. The number of carbonyl (C=O) groups excluding carboxylic acids is 2. The number of hydrogen-bond donors (Lipinski definition) is 2. The normalized spacial score (nSPS) is 11.4. The van der Waals surface area contributed by atoms with Crippen molar-refractivity contribution in [3.63, 3.8) is 0 Å². The predicted molar refractivity (Wildman–Crippen MR) is 158 cm³/mol. The van der Waals surface area contributed by atoms with E-state index in [1.807, 2.05) is 35.2 Å². The fourth-order valence-corrected chi connectivity index (χ4v) is 4.21. The molecule has 2 aromatic carbocycles. The summed E-state index contributed by atoms with van der Waals surface area (Å²) >= 11 is 0. The molecule has 8 nitrogen and oxygen atoms in total. The molecular formula is C31H39N5O3. The number of benzene rings is 2. The van der Waals surface area contributed by atoms with Gasteiger partial charge in [0, 0.05) is 29.6 Å². The molecule has 0 spiro atoms. The van der Waals surface area contributed by atoms with Gasteiger partial charge in [-0.25, -0.2) is 4.98 Å². The van der Waals surface area contributed by atoms with Gasteiger partial charge in [0.2, 0.25) is 11.9 Å². The second-order valence-electron chi connectivity index (χ2n) is 10.6. The van der Waals surface area contributed by atoms with Gasteiger partial charge in [-0.15, -0.1) is 6.42 Å². The summed E-state index contributed by atoms with van der Waals surface area (Å²) in [5, 5.41) is 3.10. The fourth-order valence-electron chi connectivity index (χ4n) is 4.21. The molecule has 8 heteroatoms. The molecule has 0 bridgehead atoms. The molecule has 0 fully saturated rings. The molecule has 0 aliphatic carbocycles. The lowest BCUT2D eigenvalue weighted by atomic mass is 9.96. The molecule has 39 heavy (non-hydrogen) atoms. The summed E-state index contributed by atoms with van der Waals surface area (Å²) in [6, 6.07) is 13.0. The van der Waals surface area contributed by atoms with Crippen LogP contribution in [-0.4, -0.2) is 52.7 Å². The highest BCUT2D eigenvalue weighted by atomic mass is 16.2. The standard InChI is InChI=1S/C31H39N5O3/c1-7-18-36(24-15-13-23(14-16-24)27(37)11-10-19-35(8-2)9-3)21-22-12-17-26-25(20-22)28(38)33-30(32-26)34-29(39)31(4,5)6/h1,12-17,20H,8-11,18-19,21H2,2-6H3,(H2,32,33,34,38,39). The second kappa shape index (κ2) is 13.2. The number of carbonyl (C=O) groups is 2. The highest BCUT2D eigenvalue weighted by molar-refractivity contribution is 5.96. The Balaban J connectivity index is 1.73. The minimum atomic E-state index is -0.616. The molecule has 1 aromatic heterocycles. The fraction of sp³-hybridized carbons (Fsp3) is 0.419. The van der Waals surface area contributed by atoms with Gasteiger partial charge in [0.25, 0.3) is 5.56 Å². The van der Waals surface area contributed by atoms with E-state index in [0.717, 1.165) is 37.3 Å². The minimum absolute atomic E-state index is 0.122. The summed E-state index contributed by atoms with van der Waals surface area (Å²) in [4.78, 5) is 49.1. The number of Topliss-reactive ketones (excluding diaryl/α,β-unsaturated/α-hetero) is 1. The molecule has 0 aliphatic heterocycles. The van der Waals surface area contributed by atoms with Gasteiger partial charge in [0.15, 0.2) is 5.78 Å². The lowest BCUT2D eigenvalue weighted by Gasteiger charge is -2.23. The molecule has 0 radical (unpaired) electrons. The number of aromatic amines is 1. The smallest absolute Gasteiger partial charge is 0.260 e. The number of terminal acetylenes is 1. The third-order valence-corrected chi connectivity index (χ3v) is 6.67. The van der Waals surface area contributed by atoms with Crippen LogP contribution in [0.5, 0.6) is 0 Å². The first kappa shape index (κ1) is 29.6. The average Bonchev–Trinajstić information content (AvgIpc) is 2.90. The largest absolute Gasteiger partial charge is 0.356 e. The molecule has 0 atom stereocenters. The topological polar surface area (TPSA) is 98.4 Å². The number of amides is 1. The van der Waals surface area contributed by atoms with E-state index < -0.39 is 5.41 Å². The predicted octanol–water partition coefficient (Wildman–Crippen LogP) is 4.85. The summed E-state index contributed by atoms with van der Waals surface area (Å²) in [5.74, 6) is 2.71. The van der Waals surface area contributed by atoms with Crippen LogP contribution in [0.1, 0.15) is 63.4 Å². The number of nitrogens with one attached hydrogen (secondary N) is 2. The summed E-state index contributed by atoms with van der Waals surface area (Å²) in [7, 11) is 0. The molecule has 3 rings (SSSR count). The summed E-state index contributed by atoms with van der Waals surface area (Å²) in [6.07, 6.45) is 7.01. The zero-order valence-electron chi connectivity index (χ0n) is 23.6. The lowest BCUT2D eigenvalue weighted by Crippen LogP contribution is -2.29. The monoisotopic (exact) mass is 529 g/mol. The van der Waals surface area contributed by atoms with Crippen LogP contribution in [0.15, 0.2) is 47.3 Å². The Bertz CT molecular complexity index is 1390. The number of ketones is 1. The Morgan fingerprint density at radius 1 is 1.08 bits per heavy atom. The maximum atomic E-state index is 12.8. The summed E-state index contributed by atoms with van der Waals surface area (Å²) in [5.41, 5.74) is 2.00. The van der Waals surface area contributed by atoms with Crippen LogP contribution in [0.4, 0.5) is 11.6 Å². The Kier molecular flexibility index (Phi) is 10.0. The highest BCUT2D eigenvalue weighted by Crippen LogP contribution is 2.21. The van der Waals surface area contributed by atoms with E-state index in [1.54, 1.807) is 32.9 Å². The molecule has 1 amide bonds. The number of aromatic nitrogens is 2. The van der Waals surface area contributed by atoms with Crippen LogP contribution in [0, 0.1) is 17.8 Å². The van der Waals surface area contributed by atoms with E-state index in [-0.39, 0.29) is 23.2 Å². The van der Waals surface area contributed by atoms with Crippen molar-refractivity contribution in [2.45, 2.75) is 54.0 Å². The number of H-pyrrole nitrogens is 1. The number of hydrogen-bond acceptors (Lipinski definition) is 6. The molecule has 206 valence electrons. The highest BCUT2D eigenvalue weighted by Gasteiger charge is 2.22. The zero-order chi connectivity index (χ0) is 28.6. The number of fused-ring (bicyclic) bond motifs is 1. The molecule has 0 saturated carbocycles. The van der Waals surface area contributed by atoms with Crippen molar-refractivity contribution >= 4 is 34.2 Å². The Hall–Kier alpha value is -3.96. The van der Waals surface area contributed by atoms with Gasteiger partial charge in [0.1, 0.15) is 0 Å². The summed E-state index contributed by atoms with van der Waals surface area (Å²) < 4.78 is 0. The number of rotatable bonds is 12. The SMILES string of the molecule is C#CCN(Cc1ccc2nc(NC(=O)C(C)(C)C)[nH]c(=O)c2c1)c1ccc(C(=O)CCCN(CC)CC)cc1.